The van der Waals surface area contributed by atoms with E-state index in [1.807, 2.05) is 32.9 Å². The van der Waals surface area contributed by atoms with E-state index in [1.54, 1.807) is 18.2 Å². The zero-order valence-electron chi connectivity index (χ0n) is 17.9. The van der Waals surface area contributed by atoms with Gasteiger partial charge in [0.2, 0.25) is 5.91 Å². The molecule has 0 atom stereocenters. The van der Waals surface area contributed by atoms with Crippen molar-refractivity contribution in [1.82, 2.24) is 9.97 Å². The molecule has 0 spiro atoms. The first-order valence-electron chi connectivity index (χ1n) is 9.74. The van der Waals surface area contributed by atoms with Crippen molar-refractivity contribution >= 4 is 50.7 Å². The van der Waals surface area contributed by atoms with Gasteiger partial charge in [0.15, 0.2) is 5.16 Å². The molecule has 0 bridgehead atoms. The summed E-state index contributed by atoms with van der Waals surface area (Å²) < 4.78 is 26.9. The van der Waals surface area contributed by atoms with Gasteiger partial charge in [0.25, 0.3) is 10.0 Å². The maximum atomic E-state index is 12.9. The van der Waals surface area contributed by atoms with Crippen LogP contribution in [-0.4, -0.2) is 37.1 Å². The van der Waals surface area contributed by atoms with Crippen LogP contribution in [0.2, 0.25) is 5.02 Å². The number of carbonyl (C=O) groups excluding carboxylic acids is 1. The second kappa shape index (κ2) is 8.38. The molecule has 0 aliphatic carbocycles. The highest BCUT2D eigenvalue weighted by Crippen LogP contribution is 2.42. The van der Waals surface area contributed by atoms with Crippen LogP contribution in [0.25, 0.3) is 11.3 Å². The molecule has 7 nitrogen and oxygen atoms in total. The molecule has 0 unspecified atom stereocenters. The standard InChI is InChI=1S/C22H21ClN4O3S2/c1-12-7-13(2)20(14(3)8-12)25-19(28)11-31-22-24-10-18-21(26-22)16-6-5-15(23)9-17(16)27(4)32(18,29)30/h5-10H,11H2,1-4H3,(H,25,28). The zero-order valence-corrected chi connectivity index (χ0v) is 20.3. The van der Waals surface area contributed by atoms with Crippen LogP contribution in [0.15, 0.2) is 46.6 Å². The molecule has 1 amide bonds. The number of thioether (sulfide) groups is 1. The minimum atomic E-state index is -3.79. The summed E-state index contributed by atoms with van der Waals surface area (Å²) >= 11 is 7.22. The van der Waals surface area contributed by atoms with Crippen LogP contribution in [0.1, 0.15) is 16.7 Å². The highest BCUT2D eigenvalue weighted by molar-refractivity contribution is 7.99. The van der Waals surface area contributed by atoms with E-state index < -0.39 is 10.0 Å². The van der Waals surface area contributed by atoms with Gasteiger partial charge in [0.1, 0.15) is 4.90 Å². The number of carbonyl (C=O) groups is 1. The van der Waals surface area contributed by atoms with E-state index in [4.69, 9.17) is 11.6 Å². The van der Waals surface area contributed by atoms with Gasteiger partial charge < -0.3 is 5.32 Å². The van der Waals surface area contributed by atoms with E-state index in [0.29, 0.717) is 27.1 Å². The zero-order chi connectivity index (χ0) is 23.2. The third kappa shape index (κ3) is 4.07. The highest BCUT2D eigenvalue weighted by atomic mass is 35.5. The lowest BCUT2D eigenvalue weighted by Gasteiger charge is -2.28. The average Bonchev–Trinajstić information content (AvgIpc) is 2.73. The Labute approximate surface area is 196 Å². The van der Waals surface area contributed by atoms with Crippen molar-refractivity contribution in [2.24, 2.45) is 0 Å². The Kier molecular flexibility index (Phi) is 5.91. The Balaban J connectivity index is 1.58. The molecule has 4 rings (SSSR count). The van der Waals surface area contributed by atoms with Crippen molar-refractivity contribution in [3.8, 4) is 11.3 Å². The number of fused-ring (bicyclic) bond motifs is 3. The lowest BCUT2D eigenvalue weighted by atomic mass is 10.1. The molecule has 1 aromatic heterocycles. The molecule has 1 aliphatic heterocycles. The summed E-state index contributed by atoms with van der Waals surface area (Å²) in [7, 11) is -2.32. The van der Waals surface area contributed by atoms with Gasteiger partial charge in [0.05, 0.1) is 23.3 Å². The van der Waals surface area contributed by atoms with Crippen LogP contribution in [0, 0.1) is 20.8 Å². The molecule has 1 N–H and O–H groups in total. The first-order valence-corrected chi connectivity index (χ1v) is 12.5. The molecule has 0 saturated heterocycles. The molecule has 166 valence electrons. The fourth-order valence-electron chi connectivity index (χ4n) is 3.73. The summed E-state index contributed by atoms with van der Waals surface area (Å²) in [5.74, 6) is -0.100. The van der Waals surface area contributed by atoms with Crippen LogP contribution in [0.4, 0.5) is 11.4 Å². The summed E-state index contributed by atoms with van der Waals surface area (Å²) in [6.07, 6.45) is 1.29. The minimum Gasteiger partial charge on any atom is -0.325 e. The van der Waals surface area contributed by atoms with Crippen LogP contribution in [0.3, 0.4) is 0 Å². The molecule has 0 radical (unpaired) electrons. The Morgan fingerprint density at radius 2 is 1.84 bits per heavy atom. The van der Waals surface area contributed by atoms with Gasteiger partial charge in [0, 0.05) is 23.3 Å². The minimum absolute atomic E-state index is 0.0227. The highest BCUT2D eigenvalue weighted by Gasteiger charge is 2.34. The molecule has 2 aromatic carbocycles. The Morgan fingerprint density at radius 1 is 1.16 bits per heavy atom. The lowest BCUT2D eigenvalue weighted by molar-refractivity contribution is -0.113. The second-order valence-corrected chi connectivity index (χ2v) is 10.9. The fraction of sp³-hybridized carbons (Fsp3) is 0.227. The topological polar surface area (TPSA) is 92.3 Å². The van der Waals surface area contributed by atoms with Crippen molar-refractivity contribution in [2.75, 3.05) is 22.4 Å². The monoisotopic (exact) mass is 488 g/mol. The number of hydrogen-bond acceptors (Lipinski definition) is 6. The van der Waals surface area contributed by atoms with E-state index in [-0.39, 0.29) is 16.6 Å². The molecule has 10 heteroatoms. The van der Waals surface area contributed by atoms with E-state index >= 15 is 0 Å². The van der Waals surface area contributed by atoms with Gasteiger partial charge in [-0.25, -0.2) is 18.4 Å². The predicted octanol–water partition coefficient (Wildman–Crippen LogP) is 4.59. The van der Waals surface area contributed by atoms with Crippen molar-refractivity contribution in [1.29, 1.82) is 0 Å². The number of nitrogens with one attached hydrogen (secondary N) is 1. The third-order valence-electron chi connectivity index (χ3n) is 5.20. The number of halogens is 1. The molecule has 0 fully saturated rings. The van der Waals surface area contributed by atoms with Gasteiger partial charge in [-0.2, -0.15) is 0 Å². The number of aryl methyl sites for hydroxylation is 3. The van der Waals surface area contributed by atoms with Gasteiger partial charge >= 0.3 is 0 Å². The molecule has 2 heterocycles. The third-order valence-corrected chi connectivity index (χ3v) is 8.07. The number of hydrogen-bond donors (Lipinski definition) is 1. The number of nitrogens with zero attached hydrogens (tertiary/aromatic N) is 3. The van der Waals surface area contributed by atoms with Crippen molar-refractivity contribution in [2.45, 2.75) is 30.8 Å². The van der Waals surface area contributed by atoms with Crippen LogP contribution in [0.5, 0.6) is 0 Å². The Bertz CT molecular complexity index is 1340. The fourth-order valence-corrected chi connectivity index (χ4v) is 5.80. The van der Waals surface area contributed by atoms with Gasteiger partial charge in [-0.3, -0.25) is 9.10 Å². The van der Waals surface area contributed by atoms with Crippen molar-refractivity contribution < 1.29 is 13.2 Å². The molecule has 0 saturated carbocycles. The number of sulfonamides is 1. The first-order chi connectivity index (χ1) is 15.1. The average molecular weight is 489 g/mol. The van der Waals surface area contributed by atoms with E-state index in [2.05, 4.69) is 15.3 Å². The molecule has 1 aliphatic rings. The predicted molar refractivity (Wildman–Crippen MR) is 128 cm³/mol. The summed E-state index contributed by atoms with van der Waals surface area (Å²) in [4.78, 5) is 21.2. The SMILES string of the molecule is Cc1cc(C)c(NC(=O)CSc2ncc3c(n2)-c2ccc(Cl)cc2N(C)S3(=O)=O)c(C)c1. The number of benzene rings is 2. The maximum Gasteiger partial charge on any atom is 0.267 e. The lowest BCUT2D eigenvalue weighted by Crippen LogP contribution is -2.31. The van der Waals surface area contributed by atoms with Gasteiger partial charge in [-0.1, -0.05) is 41.1 Å². The van der Waals surface area contributed by atoms with E-state index in [0.717, 1.165) is 34.1 Å². The second-order valence-electron chi connectivity index (χ2n) is 7.61. The number of amides is 1. The van der Waals surface area contributed by atoms with Crippen LogP contribution >= 0.6 is 23.4 Å². The summed E-state index contributed by atoms with van der Waals surface area (Å²) in [6, 6.07) is 9.04. The Hall–Kier alpha value is -2.62. The maximum absolute atomic E-state index is 12.9. The molecule has 32 heavy (non-hydrogen) atoms. The first kappa shape index (κ1) is 22.6. The largest absolute Gasteiger partial charge is 0.325 e. The smallest absolute Gasteiger partial charge is 0.267 e. The molecular formula is C22H21ClN4O3S2. The summed E-state index contributed by atoms with van der Waals surface area (Å²) in [5.41, 5.74) is 5.32. The quantitative estimate of drug-likeness (QED) is 0.426. The summed E-state index contributed by atoms with van der Waals surface area (Å²) in [5, 5.41) is 3.69. The van der Waals surface area contributed by atoms with Gasteiger partial charge in [-0.05, 0) is 50.1 Å². The Morgan fingerprint density at radius 3 is 2.53 bits per heavy atom. The number of rotatable bonds is 4. The number of aromatic nitrogens is 2. The molecular weight excluding hydrogens is 468 g/mol. The van der Waals surface area contributed by atoms with Crippen molar-refractivity contribution in [3.05, 3.63) is 58.2 Å². The van der Waals surface area contributed by atoms with E-state index in [9.17, 15) is 13.2 Å². The van der Waals surface area contributed by atoms with Crippen LogP contribution < -0.4 is 9.62 Å². The van der Waals surface area contributed by atoms with Crippen LogP contribution in [-0.2, 0) is 14.8 Å². The van der Waals surface area contributed by atoms with E-state index in [1.165, 1.54) is 17.5 Å². The molecule has 3 aromatic rings. The number of anilines is 2. The summed E-state index contributed by atoms with van der Waals surface area (Å²) in [6.45, 7) is 5.92. The van der Waals surface area contributed by atoms with Gasteiger partial charge in [-0.15, -0.1) is 0 Å². The van der Waals surface area contributed by atoms with Crippen molar-refractivity contribution in [3.63, 3.8) is 0 Å². The normalized spacial score (nSPS) is 14.0.